The fourth-order valence-corrected chi connectivity index (χ4v) is 3.21. The minimum absolute atomic E-state index is 0.0585. The molecule has 1 unspecified atom stereocenters. The Labute approximate surface area is 136 Å². The van der Waals surface area contributed by atoms with Crippen LogP contribution in [0.25, 0.3) is 11.2 Å². The molecule has 124 valence electrons. The number of carbonyl (C=O) groups excluding carboxylic acids is 1. The molecule has 2 aromatic heterocycles. The number of likely N-dealkylation sites (tertiary alicyclic amines) is 1. The minimum atomic E-state index is 0.0585. The van der Waals surface area contributed by atoms with Crippen molar-refractivity contribution in [2.75, 3.05) is 13.1 Å². The third kappa shape index (κ3) is 3.16. The number of hydrogen-bond acceptors (Lipinski definition) is 3. The van der Waals surface area contributed by atoms with Gasteiger partial charge in [0.15, 0.2) is 5.65 Å². The monoisotopic (exact) mass is 315 g/mol. The zero-order valence-corrected chi connectivity index (χ0v) is 14.1. The molecule has 23 heavy (non-hydrogen) atoms. The van der Waals surface area contributed by atoms with Crippen molar-refractivity contribution in [3.8, 4) is 0 Å². The molecule has 0 saturated carbocycles. The lowest BCUT2D eigenvalue weighted by Gasteiger charge is -2.33. The summed E-state index contributed by atoms with van der Waals surface area (Å²) in [7, 11) is 0. The highest BCUT2D eigenvalue weighted by Crippen LogP contribution is 2.27. The number of amides is 2. The van der Waals surface area contributed by atoms with Gasteiger partial charge in [-0.3, -0.25) is 0 Å². The molecule has 2 aromatic rings. The van der Waals surface area contributed by atoms with Crippen molar-refractivity contribution in [1.82, 2.24) is 24.8 Å². The molecular weight excluding hydrogens is 290 g/mol. The van der Waals surface area contributed by atoms with Gasteiger partial charge in [-0.1, -0.05) is 6.92 Å². The number of nitrogens with one attached hydrogen (secondary N) is 1. The third-order valence-corrected chi connectivity index (χ3v) is 4.72. The second kappa shape index (κ2) is 6.56. The van der Waals surface area contributed by atoms with Gasteiger partial charge in [-0.25, -0.2) is 14.8 Å². The van der Waals surface area contributed by atoms with Gasteiger partial charge < -0.3 is 14.8 Å². The third-order valence-electron chi connectivity index (χ3n) is 4.72. The number of urea groups is 1. The molecule has 1 atom stereocenters. The Morgan fingerprint density at radius 1 is 1.43 bits per heavy atom. The van der Waals surface area contributed by atoms with Gasteiger partial charge in [0, 0.05) is 31.4 Å². The highest BCUT2D eigenvalue weighted by Gasteiger charge is 2.26. The number of piperidine rings is 1. The molecule has 1 saturated heterocycles. The molecule has 1 fully saturated rings. The number of pyridine rings is 1. The lowest BCUT2D eigenvalue weighted by molar-refractivity contribution is 0.169. The van der Waals surface area contributed by atoms with Crippen LogP contribution in [0, 0.1) is 6.92 Å². The van der Waals surface area contributed by atoms with Crippen LogP contribution in [0.4, 0.5) is 4.79 Å². The molecule has 1 N–H and O–H groups in total. The van der Waals surface area contributed by atoms with Gasteiger partial charge in [0.2, 0.25) is 0 Å². The fourth-order valence-electron chi connectivity index (χ4n) is 3.21. The van der Waals surface area contributed by atoms with Gasteiger partial charge in [-0.2, -0.15) is 0 Å². The normalized spacial score (nSPS) is 17.4. The van der Waals surface area contributed by atoms with E-state index in [9.17, 15) is 4.79 Å². The average molecular weight is 315 g/mol. The van der Waals surface area contributed by atoms with E-state index in [0.29, 0.717) is 6.04 Å². The van der Waals surface area contributed by atoms with Crippen molar-refractivity contribution in [1.29, 1.82) is 0 Å². The zero-order chi connectivity index (χ0) is 16.4. The Kier molecular flexibility index (Phi) is 4.50. The lowest BCUT2D eigenvalue weighted by atomic mass is 10.0. The first-order chi connectivity index (χ1) is 11.1. The second-order valence-electron chi connectivity index (χ2n) is 6.35. The summed E-state index contributed by atoms with van der Waals surface area (Å²) in [6.07, 6.45) is 4.65. The molecule has 0 bridgehead atoms. The first-order valence-corrected chi connectivity index (χ1v) is 8.45. The van der Waals surface area contributed by atoms with Crippen LogP contribution in [-0.4, -0.2) is 44.6 Å². The van der Waals surface area contributed by atoms with Crippen LogP contribution in [0.15, 0.2) is 18.3 Å². The maximum atomic E-state index is 12.2. The Balaban J connectivity index is 1.69. The Bertz CT molecular complexity index is 687. The Morgan fingerprint density at radius 3 is 2.87 bits per heavy atom. The van der Waals surface area contributed by atoms with Crippen molar-refractivity contribution >= 4 is 17.2 Å². The van der Waals surface area contributed by atoms with E-state index < -0.39 is 0 Å². The quantitative estimate of drug-likeness (QED) is 0.947. The highest BCUT2D eigenvalue weighted by molar-refractivity contribution is 5.74. The number of nitrogens with zero attached hydrogens (tertiary/aromatic N) is 4. The number of carbonyl (C=O) groups is 1. The average Bonchev–Trinajstić information content (AvgIpc) is 2.90. The van der Waals surface area contributed by atoms with Crippen LogP contribution in [0.1, 0.15) is 45.0 Å². The Morgan fingerprint density at radius 2 is 2.17 bits per heavy atom. The van der Waals surface area contributed by atoms with Crippen molar-refractivity contribution < 1.29 is 4.79 Å². The number of aromatic nitrogens is 3. The maximum absolute atomic E-state index is 12.2. The second-order valence-corrected chi connectivity index (χ2v) is 6.35. The van der Waals surface area contributed by atoms with Crippen molar-refractivity contribution in [2.24, 2.45) is 0 Å². The van der Waals surface area contributed by atoms with E-state index in [0.717, 1.165) is 49.3 Å². The van der Waals surface area contributed by atoms with E-state index >= 15 is 0 Å². The molecule has 3 heterocycles. The maximum Gasteiger partial charge on any atom is 0.317 e. The molecular formula is C17H25N5O. The van der Waals surface area contributed by atoms with Crippen molar-refractivity contribution in [2.45, 2.75) is 52.1 Å². The summed E-state index contributed by atoms with van der Waals surface area (Å²) in [6, 6.07) is 4.57. The van der Waals surface area contributed by atoms with Crippen LogP contribution >= 0.6 is 0 Å². The van der Waals surface area contributed by atoms with Gasteiger partial charge in [-0.15, -0.1) is 0 Å². The van der Waals surface area contributed by atoms with E-state index in [1.165, 1.54) is 0 Å². The van der Waals surface area contributed by atoms with E-state index in [1.807, 2.05) is 37.1 Å². The lowest BCUT2D eigenvalue weighted by Crippen LogP contribution is -2.47. The summed E-state index contributed by atoms with van der Waals surface area (Å²) in [5, 5.41) is 3.05. The zero-order valence-electron chi connectivity index (χ0n) is 14.1. The van der Waals surface area contributed by atoms with E-state index in [1.54, 1.807) is 0 Å². The Hall–Kier alpha value is -2.11. The molecule has 0 radical (unpaired) electrons. The number of rotatable bonds is 3. The summed E-state index contributed by atoms with van der Waals surface area (Å²) in [5.41, 5.74) is 1.90. The van der Waals surface area contributed by atoms with E-state index in [2.05, 4.69) is 26.8 Å². The SMILES string of the molecule is CCC(C)NC(=O)N1CCC(n2c(C)nc3cccnc32)CC1. The summed E-state index contributed by atoms with van der Waals surface area (Å²) in [5.74, 6) is 1.00. The van der Waals surface area contributed by atoms with Gasteiger partial charge in [0.1, 0.15) is 11.3 Å². The molecule has 1 aliphatic heterocycles. The molecule has 0 aliphatic carbocycles. The first kappa shape index (κ1) is 15.8. The highest BCUT2D eigenvalue weighted by atomic mass is 16.2. The smallest absolute Gasteiger partial charge is 0.317 e. The van der Waals surface area contributed by atoms with Gasteiger partial charge in [-0.05, 0) is 45.2 Å². The van der Waals surface area contributed by atoms with E-state index in [-0.39, 0.29) is 12.1 Å². The van der Waals surface area contributed by atoms with E-state index in [4.69, 9.17) is 0 Å². The largest absolute Gasteiger partial charge is 0.336 e. The first-order valence-electron chi connectivity index (χ1n) is 8.45. The molecule has 0 aromatic carbocycles. The number of fused-ring (bicyclic) bond motifs is 1. The standard InChI is InChI=1S/C17H25N5O/c1-4-12(2)19-17(23)21-10-7-14(8-11-21)22-13(3)20-15-6-5-9-18-16(15)22/h5-6,9,12,14H,4,7-8,10-11H2,1-3H3,(H,19,23). The fraction of sp³-hybridized carbons (Fsp3) is 0.588. The van der Waals surface area contributed by atoms with Crippen LogP contribution < -0.4 is 5.32 Å². The van der Waals surface area contributed by atoms with Crippen LogP contribution in [0.2, 0.25) is 0 Å². The topological polar surface area (TPSA) is 63.1 Å². The van der Waals surface area contributed by atoms with Crippen molar-refractivity contribution in [3.05, 3.63) is 24.2 Å². The van der Waals surface area contributed by atoms with Crippen LogP contribution in [-0.2, 0) is 0 Å². The molecule has 6 heteroatoms. The number of imidazole rings is 1. The van der Waals surface area contributed by atoms with Gasteiger partial charge in [0.25, 0.3) is 0 Å². The molecule has 2 amide bonds. The predicted octanol–water partition coefficient (Wildman–Crippen LogP) is 2.88. The molecule has 3 rings (SSSR count). The van der Waals surface area contributed by atoms with Crippen LogP contribution in [0.3, 0.4) is 0 Å². The predicted molar refractivity (Wildman–Crippen MR) is 90.4 cm³/mol. The van der Waals surface area contributed by atoms with Gasteiger partial charge >= 0.3 is 6.03 Å². The minimum Gasteiger partial charge on any atom is -0.336 e. The summed E-state index contributed by atoms with van der Waals surface area (Å²) in [6.45, 7) is 7.70. The van der Waals surface area contributed by atoms with Crippen LogP contribution in [0.5, 0.6) is 0 Å². The van der Waals surface area contributed by atoms with Gasteiger partial charge in [0.05, 0.1) is 0 Å². The summed E-state index contributed by atoms with van der Waals surface area (Å²) >= 11 is 0. The molecule has 1 aliphatic rings. The summed E-state index contributed by atoms with van der Waals surface area (Å²) in [4.78, 5) is 23.2. The number of aryl methyl sites for hydroxylation is 1. The molecule has 6 nitrogen and oxygen atoms in total. The molecule has 0 spiro atoms. The number of hydrogen-bond donors (Lipinski definition) is 1. The van der Waals surface area contributed by atoms with Crippen molar-refractivity contribution in [3.63, 3.8) is 0 Å². The summed E-state index contributed by atoms with van der Waals surface area (Å²) < 4.78 is 2.24.